The van der Waals surface area contributed by atoms with Crippen molar-refractivity contribution in [2.45, 2.75) is 110 Å². The van der Waals surface area contributed by atoms with E-state index in [0.717, 1.165) is 5.69 Å². The standard InChI is InChI=1S/C25H39N3/c1-18(26-20-12-7-6-8-13-20)22-16-11-17-23(28-22)19(2)27-24-15-10-9-14-21(24)25(3,4)5/h9-10,14-15,20,22-23,28H,6-8,11-13,16-17H2,1-5H3. The lowest BCUT2D eigenvalue weighted by atomic mass is 9.86. The lowest BCUT2D eigenvalue weighted by molar-refractivity contribution is 0.416. The summed E-state index contributed by atoms with van der Waals surface area (Å²) in [6.07, 6.45) is 10.2. The third-order valence-corrected chi connectivity index (χ3v) is 6.37. The summed E-state index contributed by atoms with van der Waals surface area (Å²) in [7, 11) is 0. The fourth-order valence-electron chi connectivity index (χ4n) is 4.66. The van der Waals surface area contributed by atoms with E-state index in [9.17, 15) is 0 Å². The van der Waals surface area contributed by atoms with Gasteiger partial charge in [0.15, 0.2) is 0 Å². The van der Waals surface area contributed by atoms with Crippen molar-refractivity contribution in [2.24, 2.45) is 9.98 Å². The van der Waals surface area contributed by atoms with Gasteiger partial charge >= 0.3 is 0 Å². The van der Waals surface area contributed by atoms with Crippen LogP contribution in [0.25, 0.3) is 0 Å². The van der Waals surface area contributed by atoms with Gasteiger partial charge in [-0.3, -0.25) is 9.98 Å². The van der Waals surface area contributed by atoms with Gasteiger partial charge in [-0.15, -0.1) is 0 Å². The topological polar surface area (TPSA) is 36.8 Å². The highest BCUT2D eigenvalue weighted by Crippen LogP contribution is 2.32. The number of piperidine rings is 1. The molecule has 154 valence electrons. The van der Waals surface area contributed by atoms with E-state index in [1.807, 2.05) is 0 Å². The molecular weight excluding hydrogens is 342 g/mol. The molecule has 28 heavy (non-hydrogen) atoms. The van der Waals surface area contributed by atoms with Crippen LogP contribution in [0.2, 0.25) is 0 Å². The van der Waals surface area contributed by atoms with Gasteiger partial charge in [-0.2, -0.15) is 0 Å². The third-order valence-electron chi connectivity index (χ3n) is 6.37. The number of aliphatic imine (C=N–C) groups is 2. The molecule has 3 heteroatoms. The van der Waals surface area contributed by atoms with Crippen molar-refractivity contribution in [3.63, 3.8) is 0 Å². The summed E-state index contributed by atoms with van der Waals surface area (Å²) in [5.74, 6) is 0. The van der Waals surface area contributed by atoms with Crippen molar-refractivity contribution in [1.82, 2.24) is 5.32 Å². The molecule has 1 saturated heterocycles. The molecule has 3 nitrogen and oxygen atoms in total. The SMILES string of the molecule is CC(=Nc1ccccc1C(C)(C)C)C1CCCC(C(C)=NC2CCCCC2)N1. The zero-order chi connectivity index (χ0) is 20.1. The van der Waals surface area contributed by atoms with Crippen LogP contribution in [0, 0.1) is 0 Å². The van der Waals surface area contributed by atoms with Crippen LogP contribution in [-0.4, -0.2) is 29.5 Å². The van der Waals surface area contributed by atoms with Crippen molar-refractivity contribution in [3.8, 4) is 0 Å². The Morgan fingerprint density at radius 1 is 0.857 bits per heavy atom. The monoisotopic (exact) mass is 381 g/mol. The number of nitrogens with zero attached hydrogens (tertiary/aromatic N) is 2. The van der Waals surface area contributed by atoms with Gasteiger partial charge in [0.1, 0.15) is 0 Å². The van der Waals surface area contributed by atoms with Gasteiger partial charge in [0.25, 0.3) is 0 Å². The molecule has 2 unspecified atom stereocenters. The first kappa shape index (κ1) is 21.2. The Morgan fingerprint density at radius 2 is 1.50 bits per heavy atom. The molecule has 3 rings (SSSR count). The minimum Gasteiger partial charge on any atom is -0.301 e. The molecule has 1 N–H and O–H groups in total. The van der Waals surface area contributed by atoms with Gasteiger partial charge in [0.05, 0.1) is 5.69 Å². The molecule has 1 aliphatic carbocycles. The van der Waals surface area contributed by atoms with E-state index in [2.05, 4.69) is 64.2 Å². The van der Waals surface area contributed by atoms with Crippen LogP contribution in [0.1, 0.15) is 91.5 Å². The average molecular weight is 382 g/mol. The van der Waals surface area contributed by atoms with Gasteiger partial charge in [0.2, 0.25) is 0 Å². The number of rotatable bonds is 4. The largest absolute Gasteiger partial charge is 0.301 e. The van der Waals surface area contributed by atoms with Gasteiger partial charge in [-0.25, -0.2) is 0 Å². The number of para-hydroxylation sites is 1. The summed E-state index contributed by atoms with van der Waals surface area (Å²) in [6, 6.07) is 9.90. The predicted molar refractivity (Wildman–Crippen MR) is 122 cm³/mol. The second-order valence-electron chi connectivity index (χ2n) is 9.79. The Hall–Kier alpha value is -1.48. The van der Waals surface area contributed by atoms with Crippen LogP contribution in [0.15, 0.2) is 34.3 Å². The highest BCUT2D eigenvalue weighted by Gasteiger charge is 2.26. The number of nitrogens with one attached hydrogen (secondary N) is 1. The van der Waals surface area contributed by atoms with Crippen molar-refractivity contribution < 1.29 is 0 Å². The van der Waals surface area contributed by atoms with Crippen LogP contribution in [0.3, 0.4) is 0 Å². The zero-order valence-electron chi connectivity index (χ0n) is 18.6. The Kier molecular flexibility index (Phi) is 7.09. The molecule has 1 aliphatic heterocycles. The van der Waals surface area contributed by atoms with Crippen molar-refractivity contribution in [1.29, 1.82) is 0 Å². The van der Waals surface area contributed by atoms with Crippen molar-refractivity contribution >= 4 is 17.1 Å². The first-order valence-electron chi connectivity index (χ1n) is 11.3. The molecule has 0 spiro atoms. The minimum absolute atomic E-state index is 0.103. The highest BCUT2D eigenvalue weighted by molar-refractivity contribution is 5.92. The second kappa shape index (κ2) is 9.35. The molecule has 0 bridgehead atoms. The molecule has 0 aromatic heterocycles. The maximum absolute atomic E-state index is 5.10. The summed E-state index contributed by atoms with van der Waals surface area (Å²) in [4.78, 5) is 10.2. The van der Waals surface area contributed by atoms with Crippen LogP contribution >= 0.6 is 0 Å². The number of hydrogen-bond acceptors (Lipinski definition) is 3. The highest BCUT2D eigenvalue weighted by atomic mass is 15.0. The van der Waals surface area contributed by atoms with E-state index in [-0.39, 0.29) is 5.41 Å². The zero-order valence-corrected chi connectivity index (χ0v) is 18.6. The van der Waals surface area contributed by atoms with E-state index in [1.165, 1.54) is 68.4 Å². The molecule has 2 atom stereocenters. The summed E-state index contributed by atoms with van der Waals surface area (Å²) >= 11 is 0. The molecule has 0 amide bonds. The van der Waals surface area contributed by atoms with E-state index < -0.39 is 0 Å². The fraction of sp³-hybridized carbons (Fsp3) is 0.680. The Bertz CT molecular complexity index is 705. The lowest BCUT2D eigenvalue weighted by Crippen LogP contribution is -2.49. The minimum atomic E-state index is 0.103. The molecular formula is C25H39N3. The van der Waals surface area contributed by atoms with Crippen LogP contribution in [0.4, 0.5) is 5.69 Å². The van der Waals surface area contributed by atoms with Crippen molar-refractivity contribution in [2.75, 3.05) is 0 Å². The van der Waals surface area contributed by atoms with Gasteiger partial charge in [-0.1, -0.05) is 58.2 Å². The maximum Gasteiger partial charge on any atom is 0.0666 e. The van der Waals surface area contributed by atoms with E-state index >= 15 is 0 Å². The maximum atomic E-state index is 5.10. The third kappa shape index (κ3) is 5.53. The normalized spacial score (nSPS) is 25.8. The lowest BCUT2D eigenvalue weighted by Gasteiger charge is -2.32. The van der Waals surface area contributed by atoms with Crippen LogP contribution in [0.5, 0.6) is 0 Å². The average Bonchev–Trinajstić information content (AvgIpc) is 2.68. The van der Waals surface area contributed by atoms with E-state index in [4.69, 9.17) is 9.98 Å². The Labute approximate surface area is 172 Å². The molecule has 1 aromatic carbocycles. The summed E-state index contributed by atoms with van der Waals surface area (Å²) in [5.41, 5.74) is 5.04. The van der Waals surface area contributed by atoms with E-state index in [1.54, 1.807) is 0 Å². The van der Waals surface area contributed by atoms with Gasteiger partial charge in [0, 0.05) is 29.5 Å². The van der Waals surface area contributed by atoms with Gasteiger partial charge < -0.3 is 5.32 Å². The fourth-order valence-corrected chi connectivity index (χ4v) is 4.66. The van der Waals surface area contributed by atoms with Crippen molar-refractivity contribution in [3.05, 3.63) is 29.8 Å². The van der Waals surface area contributed by atoms with Crippen LogP contribution in [-0.2, 0) is 5.41 Å². The summed E-state index contributed by atoms with van der Waals surface area (Å²) in [6.45, 7) is 11.2. The Morgan fingerprint density at radius 3 is 2.18 bits per heavy atom. The number of benzene rings is 1. The summed E-state index contributed by atoms with van der Waals surface area (Å²) in [5, 5.41) is 3.86. The molecule has 1 heterocycles. The smallest absolute Gasteiger partial charge is 0.0666 e. The quantitative estimate of drug-likeness (QED) is 0.604. The molecule has 1 saturated carbocycles. The summed E-state index contributed by atoms with van der Waals surface area (Å²) < 4.78 is 0. The molecule has 1 aromatic rings. The molecule has 2 fully saturated rings. The van der Waals surface area contributed by atoms with Gasteiger partial charge in [-0.05, 0) is 63.0 Å². The first-order chi connectivity index (χ1) is 13.3. The van der Waals surface area contributed by atoms with E-state index in [0.29, 0.717) is 18.1 Å². The number of hydrogen-bond donors (Lipinski definition) is 1. The first-order valence-corrected chi connectivity index (χ1v) is 11.3. The predicted octanol–water partition coefficient (Wildman–Crippen LogP) is 6.38. The molecule has 0 radical (unpaired) electrons. The Balaban J connectivity index is 1.72. The molecule has 2 aliphatic rings. The second-order valence-corrected chi connectivity index (χ2v) is 9.79. The van der Waals surface area contributed by atoms with Crippen LogP contribution < -0.4 is 5.32 Å².